The van der Waals surface area contributed by atoms with Gasteiger partial charge in [0, 0.05) is 18.3 Å². The molecule has 6 atom stereocenters. The van der Waals surface area contributed by atoms with Gasteiger partial charge in [-0.3, -0.25) is 18.9 Å². The van der Waals surface area contributed by atoms with E-state index < -0.39 is 60.2 Å². The van der Waals surface area contributed by atoms with E-state index in [4.69, 9.17) is 31.6 Å². The third kappa shape index (κ3) is 7.43. The van der Waals surface area contributed by atoms with E-state index in [-0.39, 0.29) is 16.9 Å². The van der Waals surface area contributed by atoms with Crippen molar-refractivity contribution in [3.8, 4) is 0 Å². The summed E-state index contributed by atoms with van der Waals surface area (Å²) < 4.78 is 51.6. The molecule has 1 aromatic rings. The van der Waals surface area contributed by atoms with Crippen LogP contribution in [0.5, 0.6) is 0 Å². The van der Waals surface area contributed by atoms with Crippen LogP contribution >= 0.6 is 35.7 Å². The molecule has 0 bridgehead atoms. The molecular weight excluding hydrogens is 523 g/mol. The van der Waals surface area contributed by atoms with Gasteiger partial charge in [0.15, 0.2) is 11.0 Å². The van der Waals surface area contributed by atoms with Gasteiger partial charge >= 0.3 is 23.5 Å². The Kier molecular flexibility index (Phi) is 8.89. The first-order valence-electron chi connectivity index (χ1n) is 8.34. The average Bonchev–Trinajstić information content (AvgIpc) is 2.87. The van der Waals surface area contributed by atoms with Crippen molar-refractivity contribution in [2.45, 2.75) is 31.1 Å². The number of aliphatic hydroxyl groups is 2. The highest BCUT2D eigenvalue weighted by Crippen LogP contribution is 2.66. The Labute approximate surface area is 184 Å². The van der Waals surface area contributed by atoms with E-state index in [1.165, 1.54) is 6.20 Å². The maximum Gasteiger partial charge on any atom is 0.490 e. The third-order valence-electron chi connectivity index (χ3n) is 3.84. The summed E-state index contributed by atoms with van der Waals surface area (Å²) in [4.78, 5) is 49.9. The second-order valence-corrected chi connectivity index (χ2v) is 11.1. The first-order chi connectivity index (χ1) is 14.6. The van der Waals surface area contributed by atoms with Crippen LogP contribution in [0.15, 0.2) is 11.0 Å². The topological polar surface area (TPSA) is 259 Å². The maximum atomic E-state index is 11.9. The Hall–Kier alpha value is -0.650. The summed E-state index contributed by atoms with van der Waals surface area (Å²) in [5.74, 6) is 0. The standard InChI is InChI=1S/C11H20N3O14P3S/c1-12-2-5-3-14(11(32)13-9(5)17)10-8(16)7(15)6(26-10)4-25-30(21,22)28-31(23,24)27-29(18,19)20/h3,6-8,10,12,15-16H,2,4H2,1H3,(H,21,22)(H,23,24)(H,13,17,32)(H2,18,19,20)/t6-,7-,8-,10-/m1/s1. The first kappa shape index (κ1) is 27.6. The lowest BCUT2D eigenvalue weighted by atomic mass is 10.1. The highest BCUT2D eigenvalue weighted by molar-refractivity contribution is 7.71. The summed E-state index contributed by atoms with van der Waals surface area (Å²) in [5, 5.41) is 23.2. The molecule has 1 saturated heterocycles. The molecular formula is C11H20N3O14P3S. The summed E-state index contributed by atoms with van der Waals surface area (Å²) in [6, 6.07) is 0. The number of nitrogens with zero attached hydrogens (tertiary/aromatic N) is 1. The maximum absolute atomic E-state index is 11.9. The van der Waals surface area contributed by atoms with Crippen molar-refractivity contribution < 1.29 is 61.4 Å². The molecule has 32 heavy (non-hydrogen) atoms. The second kappa shape index (κ2) is 10.3. The number of nitrogens with one attached hydrogen (secondary N) is 2. The summed E-state index contributed by atoms with van der Waals surface area (Å²) in [5.41, 5.74) is -0.291. The molecule has 2 heterocycles. The van der Waals surface area contributed by atoms with Gasteiger partial charge in [-0.1, -0.05) is 0 Å². The number of aromatic nitrogens is 2. The van der Waals surface area contributed by atoms with Crippen LogP contribution in [0.4, 0.5) is 0 Å². The summed E-state index contributed by atoms with van der Waals surface area (Å²) in [6.07, 6.45) is -4.96. The van der Waals surface area contributed by atoms with E-state index in [0.717, 1.165) is 4.57 Å². The van der Waals surface area contributed by atoms with Crippen LogP contribution in [0, 0.1) is 4.77 Å². The molecule has 1 aliphatic rings. The Morgan fingerprint density at radius 1 is 1.16 bits per heavy atom. The molecule has 17 nitrogen and oxygen atoms in total. The number of hydrogen-bond donors (Lipinski definition) is 8. The smallest absolute Gasteiger partial charge is 0.387 e. The molecule has 0 saturated carbocycles. The molecule has 0 radical (unpaired) electrons. The molecule has 2 rings (SSSR count). The van der Waals surface area contributed by atoms with E-state index in [1.807, 2.05) is 0 Å². The number of aliphatic hydroxyl groups excluding tert-OH is 2. The van der Waals surface area contributed by atoms with Gasteiger partial charge in [-0.25, -0.2) is 13.7 Å². The Balaban J connectivity index is 2.13. The highest BCUT2D eigenvalue weighted by Gasteiger charge is 2.46. The van der Waals surface area contributed by atoms with Gasteiger partial charge in [0.25, 0.3) is 5.56 Å². The van der Waals surface area contributed by atoms with Crippen LogP contribution < -0.4 is 10.9 Å². The molecule has 0 spiro atoms. The van der Waals surface area contributed by atoms with Crippen LogP contribution in [0.25, 0.3) is 0 Å². The number of rotatable bonds is 10. The summed E-state index contributed by atoms with van der Waals surface area (Å²) >= 11 is 5.02. The minimum absolute atomic E-state index is 0.131. The lowest BCUT2D eigenvalue weighted by Crippen LogP contribution is -2.34. The molecule has 0 amide bonds. The Bertz CT molecular complexity index is 1090. The largest absolute Gasteiger partial charge is 0.490 e. The van der Waals surface area contributed by atoms with Crippen molar-refractivity contribution in [3.05, 3.63) is 26.9 Å². The fraction of sp³-hybridized carbons (Fsp3) is 0.636. The van der Waals surface area contributed by atoms with E-state index in [0.29, 0.717) is 0 Å². The lowest BCUT2D eigenvalue weighted by molar-refractivity contribution is -0.0534. The van der Waals surface area contributed by atoms with Gasteiger partial charge < -0.3 is 39.8 Å². The number of phosphoric ester groups is 1. The lowest BCUT2D eigenvalue weighted by Gasteiger charge is -2.20. The molecule has 8 N–H and O–H groups in total. The number of H-pyrrole nitrogens is 1. The van der Waals surface area contributed by atoms with Crippen molar-refractivity contribution >= 4 is 35.7 Å². The zero-order valence-electron chi connectivity index (χ0n) is 15.9. The summed E-state index contributed by atoms with van der Waals surface area (Å²) in [6.45, 7) is -0.857. The normalized spacial score (nSPS) is 27.7. The third-order valence-corrected chi connectivity index (χ3v) is 7.95. The number of ether oxygens (including phenoxy) is 1. The molecule has 2 unspecified atom stereocenters. The molecule has 21 heteroatoms. The second-order valence-electron chi connectivity index (χ2n) is 6.28. The molecule has 1 fully saturated rings. The van der Waals surface area contributed by atoms with Crippen molar-refractivity contribution in [2.75, 3.05) is 13.7 Å². The van der Waals surface area contributed by atoms with Gasteiger partial charge in [0.1, 0.15) is 18.3 Å². The summed E-state index contributed by atoms with van der Waals surface area (Å²) in [7, 11) is -15.2. The molecule has 0 aromatic carbocycles. The molecule has 0 aliphatic carbocycles. The van der Waals surface area contributed by atoms with Crippen LogP contribution in [0.3, 0.4) is 0 Å². The molecule has 1 aromatic heterocycles. The average molecular weight is 543 g/mol. The zero-order valence-corrected chi connectivity index (χ0v) is 19.4. The van der Waals surface area contributed by atoms with Gasteiger partial charge in [-0.2, -0.15) is 8.62 Å². The number of aromatic amines is 1. The van der Waals surface area contributed by atoms with Crippen LogP contribution in [-0.4, -0.2) is 71.3 Å². The van der Waals surface area contributed by atoms with Crippen molar-refractivity contribution in [2.24, 2.45) is 0 Å². The van der Waals surface area contributed by atoms with Crippen LogP contribution in [0.1, 0.15) is 11.8 Å². The minimum atomic E-state index is -5.72. The molecule has 1 aliphatic heterocycles. The van der Waals surface area contributed by atoms with Crippen molar-refractivity contribution in [1.29, 1.82) is 0 Å². The van der Waals surface area contributed by atoms with E-state index in [9.17, 15) is 33.6 Å². The number of hydrogen-bond acceptors (Lipinski definition) is 12. The monoisotopic (exact) mass is 543 g/mol. The minimum Gasteiger partial charge on any atom is -0.387 e. The number of phosphoric acid groups is 3. The van der Waals surface area contributed by atoms with E-state index >= 15 is 0 Å². The SMILES string of the molecule is CNCc1cn([C@@H]2O[C@H](COP(=O)(O)OP(=O)(O)OP(=O)(O)O)[C@@H](O)[C@H]2O)c(=S)[nH]c1=O. The molecule has 184 valence electrons. The van der Waals surface area contributed by atoms with Gasteiger partial charge in [0.2, 0.25) is 0 Å². The van der Waals surface area contributed by atoms with Gasteiger partial charge in [-0.15, -0.1) is 0 Å². The fourth-order valence-corrected chi connectivity index (χ4v) is 5.88. The van der Waals surface area contributed by atoms with Crippen LogP contribution in [-0.2, 0) is 38.1 Å². The van der Waals surface area contributed by atoms with E-state index in [1.54, 1.807) is 7.05 Å². The Morgan fingerprint density at radius 2 is 1.78 bits per heavy atom. The zero-order chi connectivity index (χ0) is 24.5. The predicted molar refractivity (Wildman–Crippen MR) is 104 cm³/mol. The van der Waals surface area contributed by atoms with Crippen molar-refractivity contribution in [3.63, 3.8) is 0 Å². The quantitative estimate of drug-likeness (QED) is 0.124. The predicted octanol–water partition coefficient (Wildman–Crippen LogP) is -1.41. The van der Waals surface area contributed by atoms with Gasteiger partial charge in [-0.05, 0) is 19.3 Å². The fourth-order valence-electron chi connectivity index (χ4n) is 2.60. The van der Waals surface area contributed by atoms with Gasteiger partial charge in [0.05, 0.1) is 6.61 Å². The van der Waals surface area contributed by atoms with Crippen molar-refractivity contribution in [1.82, 2.24) is 14.9 Å². The Morgan fingerprint density at radius 3 is 2.34 bits per heavy atom. The first-order valence-corrected chi connectivity index (χ1v) is 13.3. The highest BCUT2D eigenvalue weighted by atomic mass is 32.1. The van der Waals surface area contributed by atoms with Crippen LogP contribution in [0.2, 0.25) is 0 Å². The van der Waals surface area contributed by atoms with E-state index in [2.05, 4.69) is 23.4 Å².